The number of hydrogen-bond donors (Lipinski definition) is 1. The molecule has 1 fully saturated rings. The quantitative estimate of drug-likeness (QED) is 0.831. The Morgan fingerprint density at radius 1 is 1.04 bits per heavy atom. The van der Waals surface area contributed by atoms with Crippen molar-refractivity contribution in [3.8, 4) is 0 Å². The minimum Gasteiger partial charge on any atom is -0.310 e. The number of rotatable bonds is 4. The molecular formula is C22H23N3O3. The molecule has 2 heterocycles. The first kappa shape index (κ1) is 18.3. The van der Waals surface area contributed by atoms with Gasteiger partial charge in [0, 0.05) is 24.2 Å². The first-order valence-electron chi connectivity index (χ1n) is 9.76. The number of carbonyl (C=O) groups is 3. The van der Waals surface area contributed by atoms with Gasteiger partial charge in [-0.05, 0) is 55.4 Å². The first-order chi connectivity index (χ1) is 13.6. The Kier molecular flexibility index (Phi) is 5.19. The zero-order chi connectivity index (χ0) is 19.5. The summed E-state index contributed by atoms with van der Waals surface area (Å²) in [5.74, 6) is 0.443. The van der Waals surface area contributed by atoms with Crippen molar-refractivity contribution in [3.05, 3.63) is 59.8 Å². The third kappa shape index (κ3) is 3.81. The number of carbonyl (C=O) groups excluding carboxylic acids is 3. The summed E-state index contributed by atoms with van der Waals surface area (Å²) in [6.45, 7) is 0.445. The van der Waals surface area contributed by atoms with E-state index >= 15 is 0 Å². The van der Waals surface area contributed by atoms with Crippen molar-refractivity contribution in [3.63, 3.8) is 0 Å². The van der Waals surface area contributed by atoms with Gasteiger partial charge in [-0.3, -0.25) is 19.3 Å². The Balaban J connectivity index is 1.33. The van der Waals surface area contributed by atoms with E-state index in [0.29, 0.717) is 17.9 Å². The second-order valence-corrected chi connectivity index (χ2v) is 7.57. The summed E-state index contributed by atoms with van der Waals surface area (Å²) in [6.07, 6.45) is 5.12. The number of benzene rings is 1. The highest BCUT2D eigenvalue weighted by Crippen LogP contribution is 2.31. The van der Waals surface area contributed by atoms with Crippen LogP contribution in [0.2, 0.25) is 0 Å². The Labute approximate surface area is 164 Å². The van der Waals surface area contributed by atoms with Crippen LogP contribution in [0.1, 0.15) is 41.6 Å². The van der Waals surface area contributed by atoms with Gasteiger partial charge in [0.15, 0.2) is 0 Å². The topological polar surface area (TPSA) is 79.4 Å². The van der Waals surface area contributed by atoms with Crippen LogP contribution < -0.4 is 5.32 Å². The van der Waals surface area contributed by atoms with Crippen molar-refractivity contribution in [1.82, 2.24) is 9.88 Å². The minimum absolute atomic E-state index is 0.00352. The van der Waals surface area contributed by atoms with E-state index in [1.54, 1.807) is 18.3 Å². The molecule has 1 aliphatic heterocycles. The van der Waals surface area contributed by atoms with Gasteiger partial charge < -0.3 is 5.32 Å². The molecule has 0 saturated heterocycles. The van der Waals surface area contributed by atoms with Gasteiger partial charge in [0.1, 0.15) is 5.82 Å². The van der Waals surface area contributed by atoms with Crippen LogP contribution in [-0.2, 0) is 16.0 Å². The highest BCUT2D eigenvalue weighted by atomic mass is 16.2. The second-order valence-electron chi connectivity index (χ2n) is 7.57. The molecule has 3 amide bonds. The molecule has 0 bridgehead atoms. The molecule has 0 radical (unpaired) electrons. The summed E-state index contributed by atoms with van der Waals surface area (Å²) in [4.78, 5) is 43.1. The molecule has 144 valence electrons. The summed E-state index contributed by atoms with van der Waals surface area (Å²) in [7, 11) is 0. The summed E-state index contributed by atoms with van der Waals surface area (Å²) in [6, 6.07) is 12.7. The lowest BCUT2D eigenvalue weighted by molar-refractivity contribution is -0.129. The number of nitrogens with zero attached hydrogens (tertiary/aromatic N) is 2. The monoisotopic (exact) mass is 377 g/mol. The third-order valence-electron chi connectivity index (χ3n) is 5.71. The Bertz CT molecular complexity index is 889. The van der Waals surface area contributed by atoms with Crippen LogP contribution >= 0.6 is 0 Å². The third-order valence-corrected chi connectivity index (χ3v) is 5.71. The van der Waals surface area contributed by atoms with Crippen LogP contribution in [0.3, 0.4) is 0 Å². The molecule has 2 aromatic rings. The zero-order valence-electron chi connectivity index (χ0n) is 15.6. The van der Waals surface area contributed by atoms with E-state index in [9.17, 15) is 14.4 Å². The maximum Gasteiger partial charge on any atom is 0.260 e. The van der Waals surface area contributed by atoms with E-state index < -0.39 is 0 Å². The van der Waals surface area contributed by atoms with Crippen LogP contribution in [0.15, 0.2) is 48.7 Å². The highest BCUT2D eigenvalue weighted by molar-refractivity contribution is 6.09. The smallest absolute Gasteiger partial charge is 0.260 e. The van der Waals surface area contributed by atoms with Crippen molar-refractivity contribution in [2.45, 2.75) is 32.1 Å². The largest absolute Gasteiger partial charge is 0.310 e. The van der Waals surface area contributed by atoms with Gasteiger partial charge in [-0.1, -0.05) is 24.3 Å². The predicted octanol–water partition coefficient (Wildman–Crippen LogP) is 3.05. The second kappa shape index (κ2) is 7.92. The van der Waals surface area contributed by atoms with E-state index in [1.807, 2.05) is 30.3 Å². The van der Waals surface area contributed by atoms with Crippen molar-refractivity contribution in [2.75, 3.05) is 11.9 Å². The van der Waals surface area contributed by atoms with E-state index in [1.165, 1.54) is 4.90 Å². The maximum absolute atomic E-state index is 12.7. The highest BCUT2D eigenvalue weighted by Gasteiger charge is 2.34. The lowest BCUT2D eigenvalue weighted by atomic mass is 9.81. The molecule has 28 heavy (non-hydrogen) atoms. The van der Waals surface area contributed by atoms with Crippen LogP contribution in [0, 0.1) is 11.8 Å². The van der Waals surface area contributed by atoms with Gasteiger partial charge in [0.2, 0.25) is 11.8 Å². The lowest BCUT2D eigenvalue weighted by Crippen LogP contribution is -2.45. The number of anilines is 1. The van der Waals surface area contributed by atoms with Crippen molar-refractivity contribution in [2.24, 2.45) is 11.8 Å². The number of fused-ring (bicyclic) bond motifs is 1. The Morgan fingerprint density at radius 2 is 1.79 bits per heavy atom. The fourth-order valence-corrected chi connectivity index (χ4v) is 4.12. The molecule has 6 nitrogen and oxygen atoms in total. The van der Waals surface area contributed by atoms with Crippen molar-refractivity contribution >= 4 is 23.5 Å². The molecule has 2 aliphatic rings. The fourth-order valence-electron chi connectivity index (χ4n) is 4.12. The van der Waals surface area contributed by atoms with E-state index in [-0.39, 0.29) is 36.0 Å². The average molecular weight is 377 g/mol. The van der Waals surface area contributed by atoms with Gasteiger partial charge in [-0.25, -0.2) is 4.98 Å². The molecule has 4 rings (SSSR count). The number of nitrogens with one attached hydrogen (secondary N) is 1. The lowest BCUT2D eigenvalue weighted by Gasteiger charge is -2.33. The standard InChI is InChI=1S/C22H23N3O3/c26-20-13-17-5-1-2-6-18(17)22(28)25(20)14-15-8-10-16(11-9-15)21(27)24-19-7-3-4-12-23-19/h1-7,12,15-16H,8-11,13-14H2,(H,23,24,27). The summed E-state index contributed by atoms with van der Waals surface area (Å²) in [5, 5.41) is 2.86. The van der Waals surface area contributed by atoms with Gasteiger partial charge in [-0.2, -0.15) is 0 Å². The number of hydrogen-bond acceptors (Lipinski definition) is 4. The van der Waals surface area contributed by atoms with Crippen molar-refractivity contribution in [1.29, 1.82) is 0 Å². The fraction of sp³-hybridized carbons (Fsp3) is 0.364. The number of aromatic nitrogens is 1. The molecule has 1 N–H and O–H groups in total. The Morgan fingerprint density at radius 3 is 2.54 bits per heavy atom. The predicted molar refractivity (Wildman–Crippen MR) is 105 cm³/mol. The number of amides is 3. The van der Waals surface area contributed by atoms with Crippen LogP contribution in [0.25, 0.3) is 0 Å². The maximum atomic E-state index is 12.7. The van der Waals surface area contributed by atoms with E-state index in [2.05, 4.69) is 10.3 Å². The molecule has 1 aliphatic carbocycles. The van der Waals surface area contributed by atoms with Crippen LogP contribution in [0.4, 0.5) is 5.82 Å². The number of imide groups is 1. The van der Waals surface area contributed by atoms with Gasteiger partial charge in [0.05, 0.1) is 6.42 Å². The Hall–Kier alpha value is -3.02. The van der Waals surface area contributed by atoms with Crippen molar-refractivity contribution < 1.29 is 14.4 Å². The normalized spacial score (nSPS) is 21.9. The van der Waals surface area contributed by atoms with E-state index in [4.69, 9.17) is 0 Å². The first-order valence-corrected chi connectivity index (χ1v) is 9.76. The van der Waals surface area contributed by atoms with Crippen LogP contribution in [-0.4, -0.2) is 34.2 Å². The molecule has 0 spiro atoms. The molecular weight excluding hydrogens is 354 g/mol. The SMILES string of the molecule is O=C(Nc1ccccn1)C1CCC(CN2C(=O)Cc3ccccc3C2=O)CC1. The van der Waals surface area contributed by atoms with Crippen LogP contribution in [0.5, 0.6) is 0 Å². The molecule has 0 unspecified atom stereocenters. The molecule has 1 aromatic heterocycles. The summed E-state index contributed by atoms with van der Waals surface area (Å²) in [5.41, 5.74) is 1.44. The molecule has 0 atom stereocenters. The van der Waals surface area contributed by atoms with E-state index in [0.717, 1.165) is 31.2 Å². The van der Waals surface area contributed by atoms with Gasteiger partial charge >= 0.3 is 0 Å². The number of pyridine rings is 1. The molecule has 6 heteroatoms. The molecule has 1 aromatic carbocycles. The summed E-state index contributed by atoms with van der Waals surface area (Å²) < 4.78 is 0. The van der Waals surface area contributed by atoms with Gasteiger partial charge in [0.25, 0.3) is 5.91 Å². The average Bonchev–Trinajstić information content (AvgIpc) is 2.72. The minimum atomic E-state index is -0.193. The van der Waals surface area contributed by atoms with Gasteiger partial charge in [-0.15, -0.1) is 0 Å². The molecule has 1 saturated carbocycles. The summed E-state index contributed by atoms with van der Waals surface area (Å²) >= 11 is 0. The zero-order valence-corrected chi connectivity index (χ0v) is 15.6.